The van der Waals surface area contributed by atoms with Gasteiger partial charge in [-0.05, 0) is 67.9 Å². The third-order valence-electron chi connectivity index (χ3n) is 6.17. The van der Waals surface area contributed by atoms with Crippen molar-refractivity contribution in [2.45, 2.75) is 19.4 Å². The molecule has 5 rings (SSSR count). The maximum atomic E-state index is 13.4. The van der Waals surface area contributed by atoms with Crippen LogP contribution >= 0.6 is 11.3 Å². The summed E-state index contributed by atoms with van der Waals surface area (Å²) in [6, 6.07) is 21.4. The zero-order valence-electron chi connectivity index (χ0n) is 19.0. The van der Waals surface area contributed by atoms with Crippen LogP contribution in [-0.4, -0.2) is 34.8 Å². The van der Waals surface area contributed by atoms with Gasteiger partial charge in [-0.15, -0.1) is 0 Å². The Hall–Kier alpha value is -3.62. The minimum atomic E-state index is -0.468. The highest BCUT2D eigenvalue weighted by molar-refractivity contribution is 7.22. The smallest absolute Gasteiger partial charge is 0.257 e. The lowest BCUT2D eigenvalue weighted by Gasteiger charge is -2.31. The average Bonchev–Trinajstić information content (AvgIpc) is 3.26. The van der Waals surface area contributed by atoms with Crippen LogP contribution in [0, 0.1) is 11.7 Å². The fourth-order valence-electron chi connectivity index (χ4n) is 4.29. The Labute approximate surface area is 206 Å². The Balaban J connectivity index is 1.17. The Morgan fingerprint density at radius 2 is 1.77 bits per heavy atom. The number of piperidine rings is 1. The summed E-state index contributed by atoms with van der Waals surface area (Å²) in [5.74, 6) is -0.868. The molecule has 0 bridgehead atoms. The number of benzene rings is 3. The van der Waals surface area contributed by atoms with Crippen molar-refractivity contribution >= 4 is 44.2 Å². The second-order valence-electron chi connectivity index (χ2n) is 8.69. The number of fused-ring (bicyclic) bond motifs is 1. The molecule has 0 aliphatic carbocycles. The average molecular weight is 489 g/mol. The Morgan fingerprint density at radius 3 is 2.54 bits per heavy atom. The molecule has 2 amide bonds. The van der Waals surface area contributed by atoms with Gasteiger partial charge >= 0.3 is 0 Å². The highest BCUT2D eigenvalue weighted by Crippen LogP contribution is 2.29. The Kier molecular flexibility index (Phi) is 6.83. The molecule has 1 aromatic heterocycles. The highest BCUT2D eigenvalue weighted by Gasteiger charge is 2.25. The number of carbonyl (C=O) groups is 2. The standard InChI is InChI=1S/C27H25FN4O2S/c28-21-8-4-7-20(15-21)26(34)31-27-30-23-10-9-22(16-24(23)35-27)29-25(33)19-11-13-32(14-12-19)17-18-5-2-1-3-6-18/h1-10,15-16,19H,11-14,17H2,(H,29,33)(H,30,31,34). The van der Waals surface area contributed by atoms with Crippen LogP contribution in [0.2, 0.25) is 0 Å². The number of amides is 2. The van der Waals surface area contributed by atoms with E-state index in [0.717, 1.165) is 42.7 Å². The Morgan fingerprint density at radius 1 is 0.971 bits per heavy atom. The van der Waals surface area contributed by atoms with Crippen LogP contribution in [0.4, 0.5) is 15.2 Å². The molecule has 0 unspecified atom stereocenters. The molecular weight excluding hydrogens is 463 g/mol. The van der Waals surface area contributed by atoms with Crippen LogP contribution in [0.25, 0.3) is 10.2 Å². The molecule has 6 nitrogen and oxygen atoms in total. The predicted molar refractivity (Wildman–Crippen MR) is 137 cm³/mol. The van der Waals surface area contributed by atoms with Crippen molar-refractivity contribution < 1.29 is 14.0 Å². The number of carbonyl (C=O) groups excluding carboxylic acids is 2. The first-order chi connectivity index (χ1) is 17.0. The van der Waals surface area contributed by atoms with E-state index in [2.05, 4.69) is 44.8 Å². The van der Waals surface area contributed by atoms with Gasteiger partial charge in [-0.1, -0.05) is 47.7 Å². The van der Waals surface area contributed by atoms with E-state index >= 15 is 0 Å². The van der Waals surface area contributed by atoms with E-state index in [4.69, 9.17) is 0 Å². The maximum Gasteiger partial charge on any atom is 0.257 e. The number of nitrogens with zero attached hydrogens (tertiary/aromatic N) is 2. The molecule has 0 saturated carbocycles. The predicted octanol–water partition coefficient (Wildman–Crippen LogP) is 5.54. The van der Waals surface area contributed by atoms with E-state index in [1.807, 2.05) is 24.3 Å². The topological polar surface area (TPSA) is 74.3 Å². The summed E-state index contributed by atoms with van der Waals surface area (Å²) in [7, 11) is 0. The third kappa shape index (κ3) is 5.72. The van der Waals surface area contributed by atoms with E-state index in [1.165, 1.54) is 35.1 Å². The number of rotatable bonds is 6. The number of hydrogen-bond acceptors (Lipinski definition) is 5. The summed E-state index contributed by atoms with van der Waals surface area (Å²) in [5.41, 5.74) is 2.95. The molecule has 1 saturated heterocycles. The first-order valence-electron chi connectivity index (χ1n) is 11.6. The Bertz CT molecular complexity index is 1350. The van der Waals surface area contributed by atoms with Crippen molar-refractivity contribution in [2.75, 3.05) is 23.7 Å². The molecule has 2 heterocycles. The van der Waals surface area contributed by atoms with Crippen LogP contribution in [0.1, 0.15) is 28.8 Å². The van der Waals surface area contributed by atoms with Gasteiger partial charge in [0, 0.05) is 23.7 Å². The minimum absolute atomic E-state index is 0.0136. The molecule has 1 aliphatic rings. The monoisotopic (exact) mass is 488 g/mol. The quantitative estimate of drug-likeness (QED) is 0.374. The lowest BCUT2D eigenvalue weighted by Crippen LogP contribution is -2.37. The number of nitrogens with one attached hydrogen (secondary N) is 2. The number of hydrogen-bond donors (Lipinski definition) is 2. The second kappa shape index (κ2) is 10.3. The van der Waals surface area contributed by atoms with E-state index in [9.17, 15) is 14.0 Å². The molecule has 35 heavy (non-hydrogen) atoms. The number of anilines is 2. The van der Waals surface area contributed by atoms with Crippen molar-refractivity contribution in [2.24, 2.45) is 5.92 Å². The molecular formula is C27H25FN4O2S. The maximum absolute atomic E-state index is 13.4. The van der Waals surface area contributed by atoms with Gasteiger partial charge in [-0.25, -0.2) is 9.37 Å². The molecule has 0 radical (unpaired) electrons. The van der Waals surface area contributed by atoms with Crippen LogP contribution in [0.15, 0.2) is 72.8 Å². The fraction of sp³-hybridized carbons (Fsp3) is 0.222. The van der Waals surface area contributed by atoms with Gasteiger partial charge in [0.2, 0.25) is 5.91 Å². The van der Waals surface area contributed by atoms with Crippen molar-refractivity contribution in [3.8, 4) is 0 Å². The molecule has 0 atom stereocenters. The summed E-state index contributed by atoms with van der Waals surface area (Å²) in [6.45, 7) is 2.71. The van der Waals surface area contributed by atoms with Crippen molar-refractivity contribution in [1.29, 1.82) is 0 Å². The molecule has 2 N–H and O–H groups in total. The first-order valence-corrected chi connectivity index (χ1v) is 12.4. The molecule has 3 aromatic carbocycles. The third-order valence-corrected chi connectivity index (χ3v) is 7.10. The molecule has 1 aliphatic heterocycles. The zero-order chi connectivity index (χ0) is 24.2. The van der Waals surface area contributed by atoms with E-state index in [0.29, 0.717) is 10.8 Å². The van der Waals surface area contributed by atoms with Crippen molar-refractivity contribution in [3.05, 3.63) is 89.7 Å². The van der Waals surface area contributed by atoms with Gasteiger partial charge in [0.05, 0.1) is 10.2 Å². The summed E-state index contributed by atoms with van der Waals surface area (Å²) in [6.07, 6.45) is 1.66. The summed E-state index contributed by atoms with van der Waals surface area (Å²) < 4.78 is 14.2. The lowest BCUT2D eigenvalue weighted by atomic mass is 9.95. The second-order valence-corrected chi connectivity index (χ2v) is 9.72. The summed E-state index contributed by atoms with van der Waals surface area (Å²) in [4.78, 5) is 32.1. The molecule has 0 spiro atoms. The number of likely N-dealkylation sites (tertiary alicyclic amines) is 1. The van der Waals surface area contributed by atoms with Crippen LogP contribution in [0.3, 0.4) is 0 Å². The SMILES string of the molecule is O=C(Nc1nc2ccc(NC(=O)C3CCN(Cc4ccccc4)CC3)cc2s1)c1cccc(F)c1. The molecule has 1 fully saturated rings. The normalized spacial score (nSPS) is 14.7. The van der Waals surface area contributed by atoms with Crippen LogP contribution in [-0.2, 0) is 11.3 Å². The molecule has 8 heteroatoms. The number of thiazole rings is 1. The van der Waals surface area contributed by atoms with Crippen molar-refractivity contribution in [1.82, 2.24) is 9.88 Å². The van der Waals surface area contributed by atoms with Crippen LogP contribution in [0.5, 0.6) is 0 Å². The van der Waals surface area contributed by atoms with Gasteiger partial charge in [-0.3, -0.25) is 19.8 Å². The minimum Gasteiger partial charge on any atom is -0.326 e. The fourth-order valence-corrected chi connectivity index (χ4v) is 5.19. The molecule has 4 aromatic rings. The van der Waals surface area contributed by atoms with Gasteiger partial charge < -0.3 is 5.32 Å². The summed E-state index contributed by atoms with van der Waals surface area (Å²) in [5, 5.41) is 6.18. The van der Waals surface area contributed by atoms with Crippen LogP contribution < -0.4 is 10.6 Å². The van der Waals surface area contributed by atoms with Gasteiger partial charge in [-0.2, -0.15) is 0 Å². The summed E-state index contributed by atoms with van der Waals surface area (Å²) >= 11 is 1.31. The number of aromatic nitrogens is 1. The number of halogens is 1. The van der Waals surface area contributed by atoms with Gasteiger partial charge in [0.1, 0.15) is 5.82 Å². The first kappa shape index (κ1) is 23.1. The van der Waals surface area contributed by atoms with Gasteiger partial charge in [0.15, 0.2) is 5.13 Å². The van der Waals surface area contributed by atoms with E-state index < -0.39 is 11.7 Å². The van der Waals surface area contributed by atoms with E-state index in [-0.39, 0.29) is 17.4 Å². The van der Waals surface area contributed by atoms with E-state index in [1.54, 1.807) is 6.07 Å². The largest absolute Gasteiger partial charge is 0.326 e. The lowest BCUT2D eigenvalue weighted by molar-refractivity contribution is -0.121. The zero-order valence-corrected chi connectivity index (χ0v) is 19.9. The highest BCUT2D eigenvalue weighted by atomic mass is 32.1. The van der Waals surface area contributed by atoms with Crippen molar-refractivity contribution in [3.63, 3.8) is 0 Å². The molecule has 178 valence electrons. The van der Waals surface area contributed by atoms with Gasteiger partial charge in [0.25, 0.3) is 5.91 Å².